The summed E-state index contributed by atoms with van der Waals surface area (Å²) < 4.78 is 22.6. The molecule has 0 aromatic carbocycles. The first kappa shape index (κ1) is 16.0. The maximum atomic E-state index is 11.9. The Balaban J connectivity index is 2.42. The highest BCUT2D eigenvalue weighted by Crippen LogP contribution is 2.11. The summed E-state index contributed by atoms with van der Waals surface area (Å²) in [7, 11) is -3.03. The molecule has 0 unspecified atom stereocenters. The lowest BCUT2D eigenvalue weighted by atomic mass is 10.4. The molecule has 1 aromatic heterocycles. The van der Waals surface area contributed by atoms with Gasteiger partial charge in [-0.05, 0) is 18.4 Å². The highest BCUT2D eigenvalue weighted by atomic mass is 32.2. The normalized spacial score (nSPS) is 11.3. The van der Waals surface area contributed by atoms with Gasteiger partial charge >= 0.3 is 6.03 Å². The summed E-state index contributed by atoms with van der Waals surface area (Å²) >= 11 is 1.60. The molecule has 1 aromatic rings. The van der Waals surface area contributed by atoms with Gasteiger partial charge in [0.05, 0.1) is 12.3 Å². The van der Waals surface area contributed by atoms with Gasteiger partial charge in [-0.1, -0.05) is 13.0 Å². The van der Waals surface area contributed by atoms with Crippen LogP contribution in [-0.4, -0.2) is 43.9 Å². The largest absolute Gasteiger partial charge is 0.337 e. The van der Waals surface area contributed by atoms with Gasteiger partial charge in [0.15, 0.2) is 9.84 Å². The van der Waals surface area contributed by atoms with Crippen molar-refractivity contribution in [3.63, 3.8) is 0 Å². The number of nitrogens with one attached hydrogen (secondary N) is 1. The van der Waals surface area contributed by atoms with Crippen LogP contribution in [0.3, 0.4) is 0 Å². The van der Waals surface area contributed by atoms with E-state index >= 15 is 0 Å². The predicted molar refractivity (Wildman–Crippen MR) is 78.1 cm³/mol. The molecule has 7 heteroatoms. The van der Waals surface area contributed by atoms with Gasteiger partial charge in [0.1, 0.15) is 0 Å². The molecule has 2 amide bonds. The molecule has 5 nitrogen and oxygen atoms in total. The van der Waals surface area contributed by atoms with Crippen LogP contribution in [0.1, 0.15) is 18.7 Å². The second kappa shape index (κ2) is 7.49. The minimum absolute atomic E-state index is 0.00814. The van der Waals surface area contributed by atoms with Gasteiger partial charge < -0.3 is 10.2 Å². The maximum absolute atomic E-state index is 11.9. The molecule has 0 aliphatic heterocycles. The molecule has 0 aliphatic rings. The molecule has 1 N–H and O–H groups in total. The van der Waals surface area contributed by atoms with Gasteiger partial charge in [-0.25, -0.2) is 13.2 Å². The van der Waals surface area contributed by atoms with Crippen LogP contribution >= 0.6 is 11.3 Å². The average molecular weight is 304 g/mol. The van der Waals surface area contributed by atoms with E-state index in [0.29, 0.717) is 13.1 Å². The van der Waals surface area contributed by atoms with Crippen LogP contribution in [0.15, 0.2) is 17.5 Å². The molecule has 108 valence electrons. The lowest BCUT2D eigenvalue weighted by Crippen LogP contribution is -2.41. The van der Waals surface area contributed by atoms with Gasteiger partial charge in [-0.2, -0.15) is 0 Å². The molecule has 0 fully saturated rings. The van der Waals surface area contributed by atoms with Crippen molar-refractivity contribution in [2.24, 2.45) is 0 Å². The van der Waals surface area contributed by atoms with Crippen LogP contribution in [-0.2, 0) is 16.4 Å². The average Bonchev–Trinajstić information content (AvgIpc) is 2.88. The fourth-order valence-corrected chi connectivity index (χ4v) is 2.91. The molecule has 0 aliphatic carbocycles. The van der Waals surface area contributed by atoms with Gasteiger partial charge in [-0.15, -0.1) is 11.3 Å². The molecule has 19 heavy (non-hydrogen) atoms. The van der Waals surface area contributed by atoms with Crippen LogP contribution in [0.2, 0.25) is 0 Å². The predicted octanol–water partition coefficient (Wildman–Crippen LogP) is 1.71. The number of carbonyl (C=O) groups excluding carboxylic acids is 1. The van der Waals surface area contributed by atoms with E-state index in [1.54, 1.807) is 23.2 Å². The van der Waals surface area contributed by atoms with Crippen molar-refractivity contribution in [2.75, 3.05) is 24.6 Å². The minimum atomic E-state index is -3.03. The molecule has 0 saturated heterocycles. The molecule has 0 saturated carbocycles. The van der Waals surface area contributed by atoms with Crippen molar-refractivity contribution in [1.82, 2.24) is 10.2 Å². The van der Waals surface area contributed by atoms with Gasteiger partial charge in [0, 0.05) is 23.7 Å². The van der Waals surface area contributed by atoms with E-state index in [2.05, 4.69) is 5.32 Å². The number of sulfone groups is 1. The van der Waals surface area contributed by atoms with E-state index < -0.39 is 9.84 Å². The number of hydrogen-bond acceptors (Lipinski definition) is 4. The number of amides is 2. The molecule has 0 radical (unpaired) electrons. The Morgan fingerprint density at radius 1 is 1.42 bits per heavy atom. The summed E-state index contributed by atoms with van der Waals surface area (Å²) in [6.07, 6.45) is 0. The highest BCUT2D eigenvalue weighted by molar-refractivity contribution is 7.91. The number of rotatable bonds is 7. The quantitative estimate of drug-likeness (QED) is 0.834. The van der Waals surface area contributed by atoms with E-state index in [0.717, 1.165) is 4.88 Å². The SMILES string of the molecule is CCN(Cc1cccs1)C(=O)NCCS(=O)(=O)CC. The zero-order valence-electron chi connectivity index (χ0n) is 11.3. The monoisotopic (exact) mass is 304 g/mol. The van der Waals surface area contributed by atoms with E-state index in [9.17, 15) is 13.2 Å². The van der Waals surface area contributed by atoms with Crippen molar-refractivity contribution in [1.29, 1.82) is 0 Å². The number of thiophene rings is 1. The maximum Gasteiger partial charge on any atom is 0.317 e. The third-order valence-corrected chi connectivity index (χ3v) is 5.29. The van der Waals surface area contributed by atoms with Crippen molar-refractivity contribution < 1.29 is 13.2 Å². The molecule has 0 spiro atoms. The first-order valence-electron chi connectivity index (χ1n) is 6.24. The van der Waals surface area contributed by atoms with Gasteiger partial charge in [-0.3, -0.25) is 0 Å². The Morgan fingerprint density at radius 2 is 2.16 bits per heavy atom. The first-order valence-corrected chi connectivity index (χ1v) is 8.94. The summed E-state index contributed by atoms with van der Waals surface area (Å²) in [5.41, 5.74) is 0. The fraction of sp³-hybridized carbons (Fsp3) is 0.583. The molecule has 0 atom stereocenters. The summed E-state index contributed by atoms with van der Waals surface area (Å²) in [6, 6.07) is 3.70. The number of nitrogens with zero attached hydrogens (tertiary/aromatic N) is 1. The zero-order valence-corrected chi connectivity index (χ0v) is 12.9. The lowest BCUT2D eigenvalue weighted by molar-refractivity contribution is 0.199. The Bertz CT molecular complexity index is 483. The second-order valence-electron chi connectivity index (χ2n) is 4.06. The van der Waals surface area contributed by atoms with Gasteiger partial charge in [0.25, 0.3) is 0 Å². The molecular weight excluding hydrogens is 284 g/mol. The topological polar surface area (TPSA) is 66.5 Å². The van der Waals surface area contributed by atoms with Gasteiger partial charge in [0.2, 0.25) is 0 Å². The van der Waals surface area contributed by atoms with Crippen molar-refractivity contribution in [3.8, 4) is 0 Å². The summed E-state index contributed by atoms with van der Waals surface area (Å²) in [5.74, 6) is 0.0986. The number of hydrogen-bond donors (Lipinski definition) is 1. The van der Waals surface area contributed by atoms with Crippen LogP contribution in [0, 0.1) is 0 Å². The summed E-state index contributed by atoms with van der Waals surface area (Å²) in [5, 5.41) is 4.62. The zero-order chi connectivity index (χ0) is 14.3. The number of urea groups is 1. The van der Waals surface area contributed by atoms with Crippen LogP contribution in [0.25, 0.3) is 0 Å². The molecule has 1 heterocycles. The third-order valence-electron chi connectivity index (χ3n) is 2.72. The van der Waals surface area contributed by atoms with Crippen molar-refractivity contribution >= 4 is 27.2 Å². The van der Waals surface area contributed by atoms with Crippen LogP contribution < -0.4 is 5.32 Å². The lowest BCUT2D eigenvalue weighted by Gasteiger charge is -2.20. The fourth-order valence-electron chi connectivity index (χ4n) is 1.49. The summed E-state index contributed by atoms with van der Waals surface area (Å²) in [6.45, 7) is 4.81. The van der Waals surface area contributed by atoms with E-state index in [1.807, 2.05) is 24.4 Å². The summed E-state index contributed by atoms with van der Waals surface area (Å²) in [4.78, 5) is 14.7. The first-order chi connectivity index (χ1) is 8.98. The Kier molecular flexibility index (Phi) is 6.30. The number of carbonyl (C=O) groups is 1. The smallest absolute Gasteiger partial charge is 0.317 e. The highest BCUT2D eigenvalue weighted by Gasteiger charge is 2.13. The third kappa shape index (κ3) is 5.61. The second-order valence-corrected chi connectivity index (χ2v) is 7.57. The van der Waals surface area contributed by atoms with E-state index in [1.165, 1.54) is 0 Å². The Morgan fingerprint density at radius 3 is 2.68 bits per heavy atom. The van der Waals surface area contributed by atoms with Crippen molar-refractivity contribution in [2.45, 2.75) is 20.4 Å². The molecule has 1 rings (SSSR count). The minimum Gasteiger partial charge on any atom is -0.337 e. The Labute approximate surface area is 118 Å². The molecule has 0 bridgehead atoms. The van der Waals surface area contributed by atoms with E-state index in [4.69, 9.17) is 0 Å². The Hall–Kier alpha value is -1.08. The molecular formula is C12H20N2O3S2. The standard InChI is InChI=1S/C12H20N2O3S2/c1-3-14(10-11-6-5-8-18-11)12(15)13-7-9-19(16,17)4-2/h5-6,8H,3-4,7,9-10H2,1-2H3,(H,13,15). The van der Waals surface area contributed by atoms with Crippen LogP contribution in [0.5, 0.6) is 0 Å². The van der Waals surface area contributed by atoms with Crippen molar-refractivity contribution in [3.05, 3.63) is 22.4 Å². The van der Waals surface area contributed by atoms with Crippen LogP contribution in [0.4, 0.5) is 4.79 Å². The van der Waals surface area contributed by atoms with E-state index in [-0.39, 0.29) is 24.1 Å².